The summed E-state index contributed by atoms with van der Waals surface area (Å²) >= 11 is 0. The van der Waals surface area contributed by atoms with Crippen molar-refractivity contribution in [3.8, 4) is 11.4 Å². The molecule has 0 spiro atoms. The third-order valence-corrected chi connectivity index (χ3v) is 2.52. The molecule has 0 fully saturated rings. The number of nitrogens with two attached hydrogens (primary N) is 1. The van der Waals surface area contributed by atoms with Crippen LogP contribution in [0.3, 0.4) is 0 Å². The standard InChI is InChI=1S/C13H13N3O2.3ClH/c14-10(13(17)18)7-9-4-5-12(16-8-9)11-3-1-2-6-15-11;;;/h1-6,8,10H,7,14H2,(H,17,18);3*1H/t10-;;;/m0.../s1. The van der Waals surface area contributed by atoms with Crippen LogP contribution < -0.4 is 5.73 Å². The molecule has 0 bridgehead atoms. The summed E-state index contributed by atoms with van der Waals surface area (Å²) in [6, 6.07) is 8.33. The number of pyridine rings is 2. The van der Waals surface area contributed by atoms with Crippen LogP contribution in [0.15, 0.2) is 42.7 Å². The monoisotopic (exact) mass is 351 g/mol. The molecule has 0 aliphatic carbocycles. The summed E-state index contributed by atoms with van der Waals surface area (Å²) in [7, 11) is 0. The molecule has 5 nitrogen and oxygen atoms in total. The smallest absolute Gasteiger partial charge is 0.320 e. The van der Waals surface area contributed by atoms with Crippen molar-refractivity contribution in [2.75, 3.05) is 0 Å². The molecular formula is C13H16Cl3N3O2. The lowest BCUT2D eigenvalue weighted by Gasteiger charge is -2.06. The predicted octanol–water partition coefficient (Wildman–Crippen LogP) is 2.36. The Morgan fingerprint density at radius 1 is 1.10 bits per heavy atom. The van der Waals surface area contributed by atoms with Crippen LogP contribution in [0.4, 0.5) is 0 Å². The lowest BCUT2D eigenvalue weighted by atomic mass is 10.1. The summed E-state index contributed by atoms with van der Waals surface area (Å²) in [5.74, 6) is -1.01. The second-order valence-electron chi connectivity index (χ2n) is 3.92. The first-order valence-corrected chi connectivity index (χ1v) is 5.51. The van der Waals surface area contributed by atoms with Crippen LogP contribution in [-0.4, -0.2) is 27.1 Å². The van der Waals surface area contributed by atoms with Crippen LogP contribution in [0.1, 0.15) is 5.56 Å². The average molecular weight is 353 g/mol. The Bertz CT molecular complexity index is 538. The van der Waals surface area contributed by atoms with E-state index in [4.69, 9.17) is 10.8 Å². The number of aliphatic carboxylic acids is 1. The van der Waals surface area contributed by atoms with Crippen LogP contribution in [0.2, 0.25) is 0 Å². The van der Waals surface area contributed by atoms with Gasteiger partial charge in [-0.25, -0.2) is 0 Å². The van der Waals surface area contributed by atoms with Crippen molar-refractivity contribution in [3.63, 3.8) is 0 Å². The highest BCUT2D eigenvalue weighted by Gasteiger charge is 2.12. The Hall–Kier alpha value is -1.40. The van der Waals surface area contributed by atoms with Gasteiger partial charge in [0.15, 0.2) is 0 Å². The largest absolute Gasteiger partial charge is 0.480 e. The molecule has 0 aliphatic rings. The SMILES string of the molecule is Cl.Cl.Cl.N[C@@H](Cc1ccc(-c2ccccn2)nc1)C(=O)O. The zero-order valence-corrected chi connectivity index (χ0v) is 13.3. The molecule has 0 radical (unpaired) electrons. The van der Waals surface area contributed by atoms with Crippen LogP contribution in [0.5, 0.6) is 0 Å². The minimum Gasteiger partial charge on any atom is -0.480 e. The van der Waals surface area contributed by atoms with Crippen molar-refractivity contribution in [3.05, 3.63) is 48.3 Å². The van der Waals surface area contributed by atoms with E-state index < -0.39 is 12.0 Å². The maximum absolute atomic E-state index is 10.6. The van der Waals surface area contributed by atoms with Gasteiger partial charge >= 0.3 is 5.97 Å². The molecule has 0 amide bonds. The highest BCUT2D eigenvalue weighted by molar-refractivity contribution is 5.86. The Balaban J connectivity index is 0. The van der Waals surface area contributed by atoms with Gasteiger partial charge in [0.2, 0.25) is 0 Å². The van der Waals surface area contributed by atoms with E-state index >= 15 is 0 Å². The number of carbonyl (C=O) groups is 1. The van der Waals surface area contributed by atoms with Crippen molar-refractivity contribution >= 4 is 43.2 Å². The molecule has 3 N–H and O–H groups in total. The number of nitrogens with zero attached hydrogens (tertiary/aromatic N) is 2. The Morgan fingerprint density at radius 3 is 2.24 bits per heavy atom. The molecule has 2 aromatic heterocycles. The van der Waals surface area contributed by atoms with Crippen LogP contribution in [0, 0.1) is 0 Å². The molecule has 0 unspecified atom stereocenters. The van der Waals surface area contributed by atoms with E-state index in [9.17, 15) is 4.79 Å². The van der Waals surface area contributed by atoms with E-state index in [1.54, 1.807) is 12.4 Å². The molecule has 8 heteroatoms. The first-order chi connectivity index (χ1) is 8.66. The van der Waals surface area contributed by atoms with Gasteiger partial charge in [0.25, 0.3) is 0 Å². The van der Waals surface area contributed by atoms with Crippen molar-refractivity contribution in [2.24, 2.45) is 5.73 Å². The molecule has 0 saturated carbocycles. The van der Waals surface area contributed by atoms with Crippen LogP contribution in [0.25, 0.3) is 11.4 Å². The maximum Gasteiger partial charge on any atom is 0.320 e. The van der Waals surface area contributed by atoms with Gasteiger partial charge in [-0.1, -0.05) is 12.1 Å². The highest BCUT2D eigenvalue weighted by atomic mass is 35.5. The number of hydrogen-bond acceptors (Lipinski definition) is 4. The normalized spacial score (nSPS) is 10.3. The van der Waals surface area contributed by atoms with Gasteiger partial charge in [-0.2, -0.15) is 0 Å². The minimum atomic E-state index is -1.01. The summed E-state index contributed by atoms with van der Waals surface area (Å²) in [6.45, 7) is 0. The van der Waals surface area contributed by atoms with E-state index in [2.05, 4.69) is 9.97 Å². The molecule has 2 rings (SSSR count). The Morgan fingerprint density at radius 2 is 1.76 bits per heavy atom. The first kappa shape index (κ1) is 21.9. The van der Waals surface area contributed by atoms with Crippen LogP contribution >= 0.6 is 37.2 Å². The van der Waals surface area contributed by atoms with Crippen molar-refractivity contribution < 1.29 is 9.90 Å². The number of aromatic nitrogens is 2. The van der Waals surface area contributed by atoms with Crippen molar-refractivity contribution in [2.45, 2.75) is 12.5 Å². The zero-order valence-electron chi connectivity index (χ0n) is 10.9. The lowest BCUT2D eigenvalue weighted by molar-refractivity contribution is -0.138. The molecule has 0 aromatic carbocycles. The lowest BCUT2D eigenvalue weighted by Crippen LogP contribution is -2.32. The minimum absolute atomic E-state index is 0. The molecule has 2 aromatic rings. The third-order valence-electron chi connectivity index (χ3n) is 2.52. The van der Waals surface area contributed by atoms with Gasteiger partial charge in [0.1, 0.15) is 6.04 Å². The number of halogens is 3. The quantitative estimate of drug-likeness (QED) is 0.881. The number of carboxylic acids is 1. The highest BCUT2D eigenvalue weighted by Crippen LogP contribution is 2.13. The van der Waals surface area contributed by atoms with Gasteiger partial charge in [-0.3, -0.25) is 14.8 Å². The van der Waals surface area contributed by atoms with Gasteiger partial charge in [0, 0.05) is 12.4 Å². The van der Waals surface area contributed by atoms with E-state index in [1.807, 2.05) is 30.3 Å². The molecule has 2 heterocycles. The van der Waals surface area contributed by atoms with E-state index in [1.165, 1.54) is 0 Å². The predicted molar refractivity (Wildman–Crippen MR) is 88.5 cm³/mol. The van der Waals surface area contributed by atoms with Gasteiger partial charge in [-0.05, 0) is 30.2 Å². The second kappa shape index (κ2) is 10.3. The number of hydrogen-bond donors (Lipinski definition) is 2. The number of carboxylic acid groups (broad SMARTS) is 1. The molecule has 1 atom stereocenters. The fraction of sp³-hybridized carbons (Fsp3) is 0.154. The van der Waals surface area contributed by atoms with E-state index in [0.717, 1.165) is 17.0 Å². The van der Waals surface area contributed by atoms with Crippen molar-refractivity contribution in [1.29, 1.82) is 0 Å². The topological polar surface area (TPSA) is 89.1 Å². The van der Waals surface area contributed by atoms with E-state index in [-0.39, 0.29) is 43.6 Å². The zero-order chi connectivity index (χ0) is 13.0. The summed E-state index contributed by atoms with van der Waals surface area (Å²) in [6.07, 6.45) is 3.60. The first-order valence-electron chi connectivity index (χ1n) is 5.51. The summed E-state index contributed by atoms with van der Waals surface area (Å²) in [4.78, 5) is 19.1. The van der Waals surface area contributed by atoms with Gasteiger partial charge < -0.3 is 10.8 Å². The molecule has 0 saturated heterocycles. The molecule has 0 aliphatic heterocycles. The Kier molecular flexibility index (Phi) is 10.8. The average Bonchev–Trinajstić information content (AvgIpc) is 2.40. The molecule has 21 heavy (non-hydrogen) atoms. The summed E-state index contributed by atoms with van der Waals surface area (Å²) in [5, 5.41) is 8.72. The van der Waals surface area contributed by atoms with Crippen LogP contribution in [-0.2, 0) is 11.2 Å². The van der Waals surface area contributed by atoms with Gasteiger partial charge in [0.05, 0.1) is 11.4 Å². The number of rotatable bonds is 4. The second-order valence-corrected chi connectivity index (χ2v) is 3.92. The molecule has 116 valence electrons. The fourth-order valence-electron chi connectivity index (χ4n) is 1.55. The Labute approximate surface area is 141 Å². The fourth-order valence-corrected chi connectivity index (χ4v) is 1.55. The van der Waals surface area contributed by atoms with Gasteiger partial charge in [-0.15, -0.1) is 37.2 Å². The summed E-state index contributed by atoms with van der Waals surface area (Å²) in [5.41, 5.74) is 7.79. The molecular weight excluding hydrogens is 337 g/mol. The maximum atomic E-state index is 10.6. The van der Waals surface area contributed by atoms with E-state index in [0.29, 0.717) is 0 Å². The van der Waals surface area contributed by atoms with Crippen molar-refractivity contribution in [1.82, 2.24) is 9.97 Å². The third kappa shape index (κ3) is 6.27. The summed E-state index contributed by atoms with van der Waals surface area (Å²) < 4.78 is 0.